The first-order valence-electron chi connectivity index (χ1n) is 11.2. The lowest BCUT2D eigenvalue weighted by atomic mass is 9.96. The fourth-order valence-corrected chi connectivity index (χ4v) is 4.55. The first kappa shape index (κ1) is 11.1. The van der Waals surface area contributed by atoms with Gasteiger partial charge in [0.25, 0.3) is 0 Å². The van der Waals surface area contributed by atoms with E-state index >= 15 is 0 Å². The van der Waals surface area contributed by atoms with Crippen LogP contribution in [0.5, 0.6) is 0 Å². The van der Waals surface area contributed by atoms with Gasteiger partial charge in [0.1, 0.15) is 0 Å². The molecule has 0 amide bonds. The third-order valence-electron chi connectivity index (χ3n) is 5.84. The van der Waals surface area contributed by atoms with E-state index in [0.717, 1.165) is 65.4 Å². The van der Waals surface area contributed by atoms with Crippen LogP contribution in [-0.2, 0) is 6.54 Å². The number of hydrogen-bond donors (Lipinski definition) is 0. The van der Waals surface area contributed by atoms with Crippen molar-refractivity contribution in [1.82, 2.24) is 4.98 Å². The van der Waals surface area contributed by atoms with Gasteiger partial charge in [-0.25, -0.2) is 4.98 Å². The summed E-state index contributed by atoms with van der Waals surface area (Å²) in [4.78, 5) is 4.29. The van der Waals surface area contributed by atoms with Crippen molar-refractivity contribution in [3.05, 3.63) is 59.4 Å². The van der Waals surface area contributed by atoms with Crippen LogP contribution in [0.2, 0.25) is 0 Å². The van der Waals surface area contributed by atoms with Crippen molar-refractivity contribution >= 4 is 22.1 Å². The predicted molar refractivity (Wildman–Crippen MR) is 102 cm³/mol. The Morgan fingerprint density at radius 3 is 2.92 bits per heavy atom. The largest absolute Gasteiger partial charge is 0.437 e. The number of aromatic nitrogens is 2. The monoisotopic (exact) mass is 345 g/mol. The highest BCUT2D eigenvalue weighted by molar-refractivity contribution is 6.09. The summed E-state index contributed by atoms with van der Waals surface area (Å²) in [5, 5.41) is 1.76. The molecule has 0 spiro atoms. The second kappa shape index (κ2) is 5.16. The van der Waals surface area contributed by atoms with Gasteiger partial charge in [-0.15, -0.1) is 0 Å². The lowest BCUT2D eigenvalue weighted by Gasteiger charge is -2.08. The van der Waals surface area contributed by atoms with Crippen LogP contribution in [0, 0.1) is 6.85 Å². The number of rotatable bonds is 1. The number of furan rings is 1. The molecule has 1 fully saturated rings. The Bertz CT molecular complexity index is 1330. The number of pyridine rings is 2. The third-order valence-corrected chi connectivity index (χ3v) is 5.84. The zero-order valence-electron chi connectivity index (χ0n) is 18.4. The van der Waals surface area contributed by atoms with Gasteiger partial charge in [0.15, 0.2) is 18.3 Å². The molecule has 3 heteroatoms. The highest BCUT2D eigenvalue weighted by Crippen LogP contribution is 2.41. The number of fused-ring (bicyclic) bond motifs is 7. The minimum absolute atomic E-state index is 0.0418. The van der Waals surface area contributed by atoms with E-state index < -0.39 is 12.7 Å². The van der Waals surface area contributed by atoms with Crippen molar-refractivity contribution in [3.63, 3.8) is 0 Å². The average molecular weight is 345 g/mol. The second-order valence-corrected chi connectivity index (χ2v) is 7.37. The Morgan fingerprint density at radius 1 is 1.15 bits per heavy atom. The molecule has 0 bridgehead atoms. The van der Waals surface area contributed by atoms with Crippen molar-refractivity contribution < 1.29 is 14.5 Å². The van der Waals surface area contributed by atoms with Gasteiger partial charge in [0, 0.05) is 39.6 Å². The van der Waals surface area contributed by atoms with E-state index in [1.807, 2.05) is 6.07 Å². The van der Waals surface area contributed by atoms with Crippen molar-refractivity contribution in [2.75, 3.05) is 0 Å². The molecule has 128 valence electrons. The van der Waals surface area contributed by atoms with Crippen LogP contribution < -0.4 is 4.57 Å². The average Bonchev–Trinajstić information content (AvgIpc) is 3.40. The van der Waals surface area contributed by atoms with Crippen LogP contribution >= 0.6 is 0 Å². The smallest absolute Gasteiger partial charge is 0.227 e. The molecule has 1 aliphatic heterocycles. The summed E-state index contributed by atoms with van der Waals surface area (Å²) in [5.74, 6) is -0.504. The molecule has 3 nitrogen and oxygen atoms in total. The molecule has 0 radical (unpaired) electrons. The van der Waals surface area contributed by atoms with Crippen LogP contribution in [0.15, 0.2) is 47.0 Å². The molecule has 26 heavy (non-hydrogen) atoms. The molecule has 0 atom stereocenters. The van der Waals surface area contributed by atoms with Gasteiger partial charge in [0.05, 0.1) is 5.56 Å². The Morgan fingerprint density at radius 2 is 2.04 bits per heavy atom. The van der Waals surface area contributed by atoms with Crippen LogP contribution in [0.3, 0.4) is 0 Å². The third kappa shape index (κ3) is 1.94. The van der Waals surface area contributed by atoms with E-state index in [2.05, 4.69) is 33.9 Å². The van der Waals surface area contributed by atoms with Crippen molar-refractivity contribution in [3.8, 4) is 11.3 Å². The fourth-order valence-electron chi connectivity index (χ4n) is 4.55. The van der Waals surface area contributed by atoms with Crippen molar-refractivity contribution in [2.45, 2.75) is 45.0 Å². The number of benzene rings is 1. The molecule has 2 aliphatic rings. The fraction of sp³-hybridized carbons (Fsp3) is 0.304. The lowest BCUT2D eigenvalue weighted by molar-refractivity contribution is -0.672. The summed E-state index contributed by atoms with van der Waals surface area (Å²) in [7, 11) is 0. The molecule has 1 aliphatic carbocycles. The van der Waals surface area contributed by atoms with Gasteiger partial charge in [-0.05, 0) is 49.4 Å². The summed E-state index contributed by atoms with van der Waals surface area (Å²) in [6, 6.07) is 11.7. The van der Waals surface area contributed by atoms with Crippen LogP contribution in [-0.4, -0.2) is 4.98 Å². The van der Waals surface area contributed by atoms with Gasteiger partial charge in [-0.1, -0.05) is 18.9 Å². The van der Waals surface area contributed by atoms with Gasteiger partial charge >= 0.3 is 0 Å². The number of nitrogens with zero attached hydrogens (tertiary/aromatic N) is 2. The van der Waals surface area contributed by atoms with Gasteiger partial charge in [-0.2, -0.15) is 4.57 Å². The molecule has 4 aromatic rings. The summed E-state index contributed by atoms with van der Waals surface area (Å²) in [5.41, 5.74) is 5.46. The quantitative estimate of drug-likeness (QED) is 0.388. The molecule has 4 heterocycles. The summed E-state index contributed by atoms with van der Waals surface area (Å²) in [6.45, 7) is -1.51. The number of aryl methyl sites for hydroxylation is 1. The number of hydrogen-bond acceptors (Lipinski definition) is 2. The Hall–Kier alpha value is -2.68. The zero-order chi connectivity index (χ0) is 20.7. The van der Waals surface area contributed by atoms with E-state index in [9.17, 15) is 0 Å². The van der Waals surface area contributed by atoms with Gasteiger partial charge in [0.2, 0.25) is 11.4 Å². The minimum atomic E-state index is -2.27. The highest BCUT2D eigenvalue weighted by Gasteiger charge is 2.32. The second-order valence-electron chi connectivity index (χ2n) is 7.37. The molecule has 0 saturated heterocycles. The molecule has 0 unspecified atom stereocenters. The van der Waals surface area contributed by atoms with Crippen LogP contribution in [0.1, 0.15) is 53.9 Å². The maximum Gasteiger partial charge on any atom is 0.227 e. The van der Waals surface area contributed by atoms with E-state index in [1.54, 1.807) is 12.1 Å². The van der Waals surface area contributed by atoms with Gasteiger partial charge < -0.3 is 4.42 Å². The molecule has 6 rings (SSSR count). The summed E-state index contributed by atoms with van der Waals surface area (Å²) >= 11 is 0. The molecule has 3 aromatic heterocycles. The Labute approximate surface area is 157 Å². The van der Waals surface area contributed by atoms with E-state index in [1.165, 1.54) is 5.56 Å². The Balaban J connectivity index is 1.58. The predicted octanol–water partition coefficient (Wildman–Crippen LogP) is 5.26. The molecule has 1 saturated carbocycles. The van der Waals surface area contributed by atoms with E-state index in [4.69, 9.17) is 9.90 Å². The standard InChI is InChI=1S/C23H21N2O/c1-14-6-8-19-18-9-7-17-13-25-11-10-16(15-4-2-3-5-15)12-20(25)21(17)22(18)26-23(19)24-14/h6-12,15H,2-5,13H2,1H3/q+1/i1D3,15D. The van der Waals surface area contributed by atoms with Crippen molar-refractivity contribution in [1.29, 1.82) is 0 Å². The lowest BCUT2D eigenvalue weighted by Crippen LogP contribution is -2.31. The SMILES string of the molecule is [2H]C([2H])([2H])c1ccc2c(n1)oc1c3c(ccc12)C[n+]1ccc(C2([2H])CCCC2)cc1-3. The Kier molecular flexibility index (Phi) is 2.21. The molecule has 1 aromatic carbocycles. The van der Waals surface area contributed by atoms with Crippen molar-refractivity contribution in [2.24, 2.45) is 0 Å². The first-order valence-corrected chi connectivity index (χ1v) is 9.23. The zero-order valence-corrected chi connectivity index (χ0v) is 14.4. The molecular formula is C23H21N2O+. The maximum atomic E-state index is 8.91. The minimum Gasteiger partial charge on any atom is -0.437 e. The van der Waals surface area contributed by atoms with E-state index in [-0.39, 0.29) is 5.69 Å². The normalized spacial score (nSPS) is 20.5. The first-order chi connectivity index (χ1) is 14.3. The van der Waals surface area contributed by atoms with Crippen LogP contribution in [0.4, 0.5) is 0 Å². The highest BCUT2D eigenvalue weighted by atomic mass is 16.3. The van der Waals surface area contributed by atoms with Gasteiger partial charge in [-0.3, -0.25) is 0 Å². The topological polar surface area (TPSA) is 29.9 Å². The summed E-state index contributed by atoms with van der Waals surface area (Å²) < 4.78 is 40.2. The van der Waals surface area contributed by atoms with Crippen LogP contribution in [0.25, 0.3) is 33.3 Å². The summed E-state index contributed by atoms with van der Waals surface area (Å²) in [6.07, 6.45) is 6.10. The molecule has 0 N–H and O–H groups in total. The maximum absolute atomic E-state index is 8.91. The van der Waals surface area contributed by atoms with E-state index in [0.29, 0.717) is 5.71 Å². The molecular weight excluding hydrogens is 320 g/mol.